The lowest BCUT2D eigenvalue weighted by molar-refractivity contribution is 0.171. The van der Waals surface area contributed by atoms with Crippen molar-refractivity contribution in [2.45, 2.75) is 13.5 Å². The molecule has 3 heteroatoms. The average molecular weight is 279 g/mol. The second-order valence-corrected chi connectivity index (χ2v) is 5.43. The molecule has 21 heavy (non-hydrogen) atoms. The van der Waals surface area contributed by atoms with E-state index < -0.39 is 0 Å². The summed E-state index contributed by atoms with van der Waals surface area (Å²) in [6.45, 7) is 4.32. The summed E-state index contributed by atoms with van der Waals surface area (Å²) in [5.74, 6) is 1.68. The van der Waals surface area contributed by atoms with Gasteiger partial charge in [0.05, 0.1) is 0 Å². The van der Waals surface area contributed by atoms with E-state index in [0.29, 0.717) is 13.2 Å². The zero-order chi connectivity index (χ0) is 14.2. The number of benzene rings is 2. The van der Waals surface area contributed by atoms with Crippen LogP contribution < -0.4 is 14.8 Å². The fraction of sp³-hybridized carbons (Fsp3) is 0.222. The molecule has 0 atom stereocenters. The van der Waals surface area contributed by atoms with Crippen molar-refractivity contribution in [3.63, 3.8) is 0 Å². The molecule has 0 fully saturated rings. The van der Waals surface area contributed by atoms with E-state index in [1.165, 1.54) is 22.3 Å². The number of fused-ring (bicyclic) bond motifs is 2. The van der Waals surface area contributed by atoms with Crippen LogP contribution in [-0.2, 0) is 6.54 Å². The maximum Gasteiger partial charge on any atom is 0.161 e. The molecule has 2 aromatic carbocycles. The maximum absolute atomic E-state index is 5.68. The number of rotatable bonds is 1. The summed E-state index contributed by atoms with van der Waals surface area (Å²) in [5, 5.41) is 3.26. The van der Waals surface area contributed by atoms with E-state index in [-0.39, 0.29) is 0 Å². The molecule has 0 saturated heterocycles. The fourth-order valence-corrected chi connectivity index (χ4v) is 2.93. The Morgan fingerprint density at radius 3 is 2.71 bits per heavy atom. The minimum atomic E-state index is 0.619. The van der Waals surface area contributed by atoms with Crippen molar-refractivity contribution >= 4 is 6.08 Å². The van der Waals surface area contributed by atoms with Crippen LogP contribution in [0.4, 0.5) is 0 Å². The molecule has 0 bridgehead atoms. The number of hydrogen-bond donors (Lipinski definition) is 1. The molecule has 0 aliphatic carbocycles. The van der Waals surface area contributed by atoms with Crippen LogP contribution in [0.15, 0.2) is 36.5 Å². The summed E-state index contributed by atoms with van der Waals surface area (Å²) in [6, 6.07) is 10.6. The van der Waals surface area contributed by atoms with E-state index in [0.717, 1.165) is 23.6 Å². The molecule has 4 rings (SSSR count). The van der Waals surface area contributed by atoms with Crippen molar-refractivity contribution in [2.24, 2.45) is 0 Å². The maximum atomic E-state index is 5.68. The second-order valence-electron chi connectivity index (χ2n) is 5.43. The molecule has 3 nitrogen and oxygen atoms in total. The first-order chi connectivity index (χ1) is 10.3. The fourth-order valence-electron chi connectivity index (χ4n) is 2.93. The van der Waals surface area contributed by atoms with E-state index in [1.807, 2.05) is 12.3 Å². The van der Waals surface area contributed by atoms with Crippen LogP contribution in [0.2, 0.25) is 0 Å². The van der Waals surface area contributed by atoms with Crippen molar-refractivity contribution < 1.29 is 9.47 Å². The quantitative estimate of drug-likeness (QED) is 0.866. The summed E-state index contributed by atoms with van der Waals surface area (Å²) >= 11 is 0. The van der Waals surface area contributed by atoms with Crippen molar-refractivity contribution in [2.75, 3.05) is 13.2 Å². The topological polar surface area (TPSA) is 30.5 Å². The van der Waals surface area contributed by atoms with Crippen LogP contribution >= 0.6 is 0 Å². The molecule has 2 heterocycles. The Morgan fingerprint density at radius 1 is 0.952 bits per heavy atom. The minimum absolute atomic E-state index is 0.619. The average Bonchev–Trinajstić information content (AvgIpc) is 2.54. The Bertz CT molecular complexity index is 734. The molecule has 2 aliphatic heterocycles. The highest BCUT2D eigenvalue weighted by atomic mass is 16.6. The van der Waals surface area contributed by atoms with E-state index >= 15 is 0 Å². The monoisotopic (exact) mass is 279 g/mol. The van der Waals surface area contributed by atoms with E-state index in [9.17, 15) is 0 Å². The molecule has 106 valence electrons. The third-order valence-corrected chi connectivity index (χ3v) is 4.04. The van der Waals surface area contributed by atoms with Gasteiger partial charge in [-0.1, -0.05) is 12.1 Å². The van der Waals surface area contributed by atoms with Gasteiger partial charge in [-0.15, -0.1) is 0 Å². The molecule has 0 unspecified atom stereocenters. The molecular weight excluding hydrogens is 262 g/mol. The standard InChI is InChI=1S/C18H17NO2/c1-12-8-15(9-14-4-5-19-11-16(12)14)13-2-3-17-18(10-13)21-7-6-20-17/h2-5,8-10,19H,6-7,11H2,1H3. The van der Waals surface area contributed by atoms with Crippen LogP contribution in [0.25, 0.3) is 17.2 Å². The zero-order valence-electron chi connectivity index (χ0n) is 12.0. The van der Waals surface area contributed by atoms with Crippen LogP contribution in [0.5, 0.6) is 11.5 Å². The molecule has 0 amide bonds. The molecule has 0 radical (unpaired) electrons. The Labute approximate surface area is 124 Å². The highest BCUT2D eigenvalue weighted by molar-refractivity contribution is 5.73. The summed E-state index contributed by atoms with van der Waals surface area (Å²) < 4.78 is 11.3. The van der Waals surface area contributed by atoms with Gasteiger partial charge in [-0.25, -0.2) is 0 Å². The molecule has 2 aliphatic rings. The highest BCUT2D eigenvalue weighted by Crippen LogP contribution is 2.36. The molecular formula is C18H17NO2. The normalized spacial score (nSPS) is 15.3. The van der Waals surface area contributed by atoms with Gasteiger partial charge in [-0.3, -0.25) is 0 Å². The first-order valence-electron chi connectivity index (χ1n) is 7.25. The summed E-state index contributed by atoms with van der Waals surface area (Å²) in [5.41, 5.74) is 6.36. The Morgan fingerprint density at radius 2 is 1.81 bits per heavy atom. The van der Waals surface area contributed by atoms with E-state index in [2.05, 4.69) is 42.6 Å². The summed E-state index contributed by atoms with van der Waals surface area (Å²) in [6.07, 6.45) is 4.14. The third-order valence-electron chi connectivity index (χ3n) is 4.04. The van der Waals surface area contributed by atoms with Crippen molar-refractivity contribution in [1.82, 2.24) is 5.32 Å². The lowest BCUT2D eigenvalue weighted by Gasteiger charge is -2.20. The van der Waals surface area contributed by atoms with E-state index in [4.69, 9.17) is 9.47 Å². The predicted octanol–water partition coefficient (Wildman–Crippen LogP) is 3.51. The van der Waals surface area contributed by atoms with Crippen molar-refractivity contribution in [3.05, 3.63) is 53.2 Å². The highest BCUT2D eigenvalue weighted by Gasteiger charge is 2.14. The number of ether oxygens (including phenoxy) is 2. The smallest absolute Gasteiger partial charge is 0.161 e. The van der Waals surface area contributed by atoms with E-state index in [1.54, 1.807) is 0 Å². The molecule has 0 saturated carbocycles. The van der Waals surface area contributed by atoms with Crippen LogP contribution in [0.1, 0.15) is 16.7 Å². The number of hydrogen-bond acceptors (Lipinski definition) is 3. The molecule has 0 spiro atoms. The van der Waals surface area contributed by atoms with Gasteiger partial charge in [0.2, 0.25) is 0 Å². The van der Waals surface area contributed by atoms with Gasteiger partial charge < -0.3 is 14.8 Å². The zero-order valence-corrected chi connectivity index (χ0v) is 12.0. The number of nitrogens with one attached hydrogen (secondary N) is 1. The van der Waals surface area contributed by atoms with Gasteiger partial charge in [0.1, 0.15) is 13.2 Å². The summed E-state index contributed by atoms with van der Waals surface area (Å²) in [7, 11) is 0. The van der Waals surface area contributed by atoms with Crippen LogP contribution in [0.3, 0.4) is 0 Å². The Hall–Kier alpha value is -2.42. The minimum Gasteiger partial charge on any atom is -0.486 e. The van der Waals surface area contributed by atoms with Crippen molar-refractivity contribution in [1.29, 1.82) is 0 Å². The van der Waals surface area contributed by atoms with Crippen molar-refractivity contribution in [3.8, 4) is 22.6 Å². The first kappa shape index (κ1) is 12.3. The lowest BCUT2D eigenvalue weighted by atomic mass is 9.93. The molecule has 2 aromatic rings. The predicted molar refractivity (Wildman–Crippen MR) is 83.5 cm³/mol. The van der Waals surface area contributed by atoms with Gasteiger partial charge in [-0.2, -0.15) is 0 Å². The first-order valence-corrected chi connectivity index (χ1v) is 7.25. The van der Waals surface area contributed by atoms with Gasteiger partial charge in [-0.05, 0) is 65.2 Å². The Kier molecular flexibility index (Phi) is 2.85. The molecule has 1 N–H and O–H groups in total. The molecule has 0 aromatic heterocycles. The summed E-state index contributed by atoms with van der Waals surface area (Å²) in [4.78, 5) is 0. The second kappa shape index (κ2) is 4.85. The number of aryl methyl sites for hydroxylation is 1. The van der Waals surface area contributed by atoms with Gasteiger partial charge in [0, 0.05) is 6.54 Å². The van der Waals surface area contributed by atoms with Gasteiger partial charge in [0.25, 0.3) is 0 Å². The van der Waals surface area contributed by atoms with Gasteiger partial charge >= 0.3 is 0 Å². The Balaban J connectivity index is 1.80. The van der Waals surface area contributed by atoms with Gasteiger partial charge in [0.15, 0.2) is 11.5 Å². The lowest BCUT2D eigenvalue weighted by Crippen LogP contribution is -2.15. The van der Waals surface area contributed by atoms with Crippen LogP contribution in [0, 0.1) is 6.92 Å². The third kappa shape index (κ3) is 2.15. The van der Waals surface area contributed by atoms with Crippen LogP contribution in [-0.4, -0.2) is 13.2 Å². The SMILES string of the molecule is Cc1cc(-c2ccc3c(c2)OCCO3)cc2c1CNC=C2. The largest absolute Gasteiger partial charge is 0.486 e.